The Morgan fingerprint density at radius 2 is 2.07 bits per heavy atom. The number of anilines is 1. The van der Waals surface area contributed by atoms with Crippen LogP contribution in [0.2, 0.25) is 0 Å². The molecule has 1 saturated heterocycles. The summed E-state index contributed by atoms with van der Waals surface area (Å²) in [5, 5.41) is 2.65. The normalized spacial score (nSPS) is 19.4. The van der Waals surface area contributed by atoms with Gasteiger partial charge in [-0.05, 0) is 33.3 Å². The van der Waals surface area contributed by atoms with Crippen LogP contribution in [-0.2, 0) is 9.53 Å². The molecule has 1 aliphatic rings. The number of hydrogen-bond donors (Lipinski definition) is 1. The number of pyridine rings is 1. The summed E-state index contributed by atoms with van der Waals surface area (Å²) in [5.41, 5.74) is -0.725. The van der Waals surface area contributed by atoms with Gasteiger partial charge in [-0.3, -0.25) is 9.69 Å². The molecule has 0 saturated carbocycles. The lowest BCUT2D eigenvalue weighted by atomic mass is 10.2. The summed E-state index contributed by atoms with van der Waals surface area (Å²) < 4.78 is 24.8. The number of nitrogens with one attached hydrogen (secondary N) is 1. The summed E-state index contributed by atoms with van der Waals surface area (Å²) in [7, 11) is 0. The second kappa shape index (κ2) is 9.71. The van der Waals surface area contributed by atoms with Gasteiger partial charge in [0.2, 0.25) is 11.8 Å². The minimum atomic E-state index is -1.27. The largest absolute Gasteiger partial charge is 0.478 e. The molecule has 2 amide bonds. The third-order valence-electron chi connectivity index (χ3n) is 4.15. The Kier molecular flexibility index (Phi) is 7.60. The quantitative estimate of drug-likeness (QED) is 0.708. The molecule has 7 nitrogen and oxygen atoms in total. The summed E-state index contributed by atoms with van der Waals surface area (Å²) in [4.78, 5) is 30.3. The Bertz CT molecular complexity index is 678. The van der Waals surface area contributed by atoms with Gasteiger partial charge < -0.3 is 14.8 Å². The van der Waals surface area contributed by atoms with Gasteiger partial charge in [0.25, 0.3) is 0 Å². The van der Waals surface area contributed by atoms with E-state index in [4.69, 9.17) is 9.47 Å². The topological polar surface area (TPSA) is 80.8 Å². The van der Waals surface area contributed by atoms with Crippen molar-refractivity contribution in [1.82, 2.24) is 9.88 Å². The van der Waals surface area contributed by atoms with E-state index in [1.807, 2.05) is 0 Å². The van der Waals surface area contributed by atoms with E-state index in [1.54, 1.807) is 39.0 Å². The molecular formula is C20H30FN3O4. The fraction of sp³-hybridized carbons (Fsp3) is 0.650. The number of alkyl halides is 1. The monoisotopic (exact) mass is 395 g/mol. The molecule has 2 heterocycles. The summed E-state index contributed by atoms with van der Waals surface area (Å²) in [6, 6.07) is 4.11. The van der Waals surface area contributed by atoms with E-state index in [-0.39, 0.29) is 13.0 Å². The third-order valence-corrected chi connectivity index (χ3v) is 4.15. The first-order chi connectivity index (χ1) is 13.2. The number of hydrogen-bond acceptors (Lipinski definition) is 5. The fourth-order valence-electron chi connectivity index (χ4n) is 2.86. The Hall–Kier alpha value is -2.38. The van der Waals surface area contributed by atoms with Crippen LogP contribution in [0.1, 0.15) is 53.4 Å². The van der Waals surface area contributed by atoms with Crippen LogP contribution in [-0.4, -0.2) is 52.9 Å². The van der Waals surface area contributed by atoms with Gasteiger partial charge in [0.05, 0.1) is 13.2 Å². The molecule has 1 fully saturated rings. The van der Waals surface area contributed by atoms with Crippen LogP contribution >= 0.6 is 0 Å². The standard InChI is InChI=1S/C20H30FN3O4/c1-5-6-7-11-27-17-10-8-9-16(22-17)23-18(25)15-12-14(21)13-24(15)19(26)28-20(2,3)4/h8-10,14-15H,5-7,11-13H2,1-4H3,(H,22,23,25)/t14-,15+/m1/s1. The van der Waals surface area contributed by atoms with Crippen LogP contribution in [0, 0.1) is 0 Å². The molecule has 1 N–H and O–H groups in total. The average molecular weight is 395 g/mol. The van der Waals surface area contributed by atoms with E-state index in [9.17, 15) is 14.0 Å². The van der Waals surface area contributed by atoms with Crippen LogP contribution in [0.5, 0.6) is 5.88 Å². The molecule has 0 aromatic carbocycles. The molecule has 0 spiro atoms. The van der Waals surface area contributed by atoms with Gasteiger partial charge in [-0.25, -0.2) is 9.18 Å². The zero-order chi connectivity index (χ0) is 20.7. The van der Waals surface area contributed by atoms with E-state index in [2.05, 4.69) is 17.2 Å². The minimum absolute atomic E-state index is 0.0711. The summed E-state index contributed by atoms with van der Waals surface area (Å²) >= 11 is 0. The zero-order valence-corrected chi connectivity index (χ0v) is 17.0. The highest BCUT2D eigenvalue weighted by atomic mass is 19.1. The molecule has 156 valence electrons. The maximum Gasteiger partial charge on any atom is 0.411 e. The zero-order valence-electron chi connectivity index (χ0n) is 17.0. The first-order valence-electron chi connectivity index (χ1n) is 9.74. The van der Waals surface area contributed by atoms with Crippen molar-refractivity contribution in [2.24, 2.45) is 0 Å². The predicted octanol–water partition coefficient (Wildman–Crippen LogP) is 3.94. The van der Waals surface area contributed by atoms with Gasteiger partial charge in [0.1, 0.15) is 23.6 Å². The molecule has 28 heavy (non-hydrogen) atoms. The van der Waals surface area contributed by atoms with Gasteiger partial charge in [0.15, 0.2) is 0 Å². The number of ether oxygens (including phenoxy) is 2. The first kappa shape index (κ1) is 21.9. The van der Waals surface area contributed by atoms with Crippen molar-refractivity contribution in [3.8, 4) is 5.88 Å². The number of rotatable bonds is 7. The molecular weight excluding hydrogens is 365 g/mol. The van der Waals surface area contributed by atoms with E-state index in [0.717, 1.165) is 24.2 Å². The van der Waals surface area contributed by atoms with Crippen LogP contribution in [0.3, 0.4) is 0 Å². The molecule has 1 aliphatic heterocycles. The maximum atomic E-state index is 13.9. The molecule has 8 heteroatoms. The number of carbonyl (C=O) groups is 2. The van der Waals surface area contributed by atoms with Crippen molar-refractivity contribution in [1.29, 1.82) is 0 Å². The average Bonchev–Trinajstić information content (AvgIpc) is 3.00. The molecule has 2 rings (SSSR count). The maximum absolute atomic E-state index is 13.9. The summed E-state index contributed by atoms with van der Waals surface area (Å²) in [6.45, 7) is 7.66. The van der Waals surface area contributed by atoms with Crippen LogP contribution < -0.4 is 10.1 Å². The predicted molar refractivity (Wildman–Crippen MR) is 104 cm³/mol. The van der Waals surface area contributed by atoms with Gasteiger partial charge in [-0.15, -0.1) is 0 Å². The van der Waals surface area contributed by atoms with Crippen molar-refractivity contribution in [3.05, 3.63) is 18.2 Å². The van der Waals surface area contributed by atoms with Crippen molar-refractivity contribution >= 4 is 17.8 Å². The molecule has 1 aromatic rings. The number of likely N-dealkylation sites (tertiary alicyclic amines) is 1. The lowest BCUT2D eigenvalue weighted by molar-refractivity contribution is -0.120. The van der Waals surface area contributed by atoms with E-state index >= 15 is 0 Å². The summed E-state index contributed by atoms with van der Waals surface area (Å²) in [6.07, 6.45) is 1.05. The third kappa shape index (κ3) is 6.65. The van der Waals surface area contributed by atoms with Crippen LogP contribution in [0.4, 0.5) is 15.0 Å². The molecule has 0 aliphatic carbocycles. The first-order valence-corrected chi connectivity index (χ1v) is 9.74. The Morgan fingerprint density at radius 3 is 2.75 bits per heavy atom. The van der Waals surface area contributed by atoms with E-state index < -0.39 is 29.8 Å². The number of halogens is 1. The second-order valence-corrected chi connectivity index (χ2v) is 7.89. The number of aromatic nitrogens is 1. The van der Waals surface area contributed by atoms with Crippen LogP contribution in [0.15, 0.2) is 18.2 Å². The lowest BCUT2D eigenvalue weighted by Gasteiger charge is -2.27. The highest BCUT2D eigenvalue weighted by Crippen LogP contribution is 2.24. The molecule has 1 aromatic heterocycles. The number of carbonyl (C=O) groups excluding carboxylic acids is 2. The van der Waals surface area contributed by atoms with Gasteiger partial charge >= 0.3 is 6.09 Å². The Morgan fingerprint density at radius 1 is 1.32 bits per heavy atom. The lowest BCUT2D eigenvalue weighted by Crippen LogP contribution is -2.45. The molecule has 0 unspecified atom stereocenters. The smallest absolute Gasteiger partial charge is 0.411 e. The molecule has 0 bridgehead atoms. The number of unbranched alkanes of at least 4 members (excludes halogenated alkanes) is 2. The van der Waals surface area contributed by atoms with Gasteiger partial charge in [-0.2, -0.15) is 4.98 Å². The SMILES string of the molecule is CCCCCOc1cccc(NC(=O)[C@@H]2C[C@@H](F)CN2C(=O)OC(C)(C)C)n1. The number of nitrogens with zero attached hydrogens (tertiary/aromatic N) is 2. The van der Waals surface area contributed by atoms with E-state index in [1.165, 1.54) is 0 Å². The van der Waals surface area contributed by atoms with Crippen LogP contribution in [0.25, 0.3) is 0 Å². The van der Waals surface area contributed by atoms with Crippen molar-refractivity contribution in [3.63, 3.8) is 0 Å². The summed E-state index contributed by atoms with van der Waals surface area (Å²) in [5.74, 6) is 0.207. The van der Waals surface area contributed by atoms with Gasteiger partial charge in [0, 0.05) is 12.5 Å². The molecule has 2 atom stereocenters. The van der Waals surface area contributed by atoms with Crippen molar-refractivity contribution in [2.75, 3.05) is 18.5 Å². The second-order valence-electron chi connectivity index (χ2n) is 7.89. The Labute approximate surface area is 165 Å². The number of amides is 2. The van der Waals surface area contributed by atoms with E-state index in [0.29, 0.717) is 18.3 Å². The highest BCUT2D eigenvalue weighted by Gasteiger charge is 2.41. The fourth-order valence-corrected chi connectivity index (χ4v) is 2.86. The van der Waals surface area contributed by atoms with Gasteiger partial charge in [-0.1, -0.05) is 25.8 Å². The van der Waals surface area contributed by atoms with Crippen molar-refractivity contribution < 1.29 is 23.5 Å². The highest BCUT2D eigenvalue weighted by molar-refractivity contribution is 5.96. The Balaban J connectivity index is 1.99. The minimum Gasteiger partial charge on any atom is -0.478 e. The molecule has 0 radical (unpaired) electrons. The van der Waals surface area contributed by atoms with Crippen molar-refractivity contribution in [2.45, 2.75) is 71.2 Å².